The molecule has 28 heavy (non-hydrogen) atoms. The van der Waals surface area contributed by atoms with Gasteiger partial charge in [-0.1, -0.05) is 18.2 Å². The van der Waals surface area contributed by atoms with Crippen molar-refractivity contribution < 1.29 is 9.53 Å². The zero-order chi connectivity index (χ0) is 19.5. The Morgan fingerprint density at radius 3 is 2.54 bits per heavy atom. The van der Waals surface area contributed by atoms with Crippen molar-refractivity contribution in [2.45, 2.75) is 13.0 Å². The molecule has 0 saturated carbocycles. The monoisotopic (exact) mass is 376 g/mol. The number of piperazine rings is 1. The van der Waals surface area contributed by atoms with Crippen LogP contribution in [-0.4, -0.2) is 53.8 Å². The van der Waals surface area contributed by atoms with Crippen molar-refractivity contribution in [2.24, 2.45) is 0 Å². The minimum atomic E-state index is -0.00697. The van der Waals surface area contributed by atoms with Crippen molar-refractivity contribution in [3.63, 3.8) is 0 Å². The summed E-state index contributed by atoms with van der Waals surface area (Å²) in [5.41, 5.74) is 3.41. The Morgan fingerprint density at radius 1 is 1.11 bits per heavy atom. The van der Waals surface area contributed by atoms with E-state index in [-0.39, 0.29) is 11.9 Å². The quantitative estimate of drug-likeness (QED) is 0.758. The van der Waals surface area contributed by atoms with E-state index >= 15 is 0 Å². The van der Waals surface area contributed by atoms with Crippen LogP contribution in [0, 0.1) is 0 Å². The fraction of sp³-hybridized carbons (Fsp3) is 0.273. The number of ether oxygens (including phenoxy) is 1. The van der Waals surface area contributed by atoms with Crippen LogP contribution in [0.15, 0.2) is 60.7 Å². The van der Waals surface area contributed by atoms with Gasteiger partial charge in [-0.05, 0) is 49.4 Å². The molecular formula is C22H24N4O2. The van der Waals surface area contributed by atoms with E-state index in [2.05, 4.69) is 34.2 Å². The molecule has 1 aromatic heterocycles. The minimum absolute atomic E-state index is 0.00697. The van der Waals surface area contributed by atoms with Gasteiger partial charge >= 0.3 is 0 Å². The van der Waals surface area contributed by atoms with Gasteiger partial charge in [0.2, 0.25) is 0 Å². The zero-order valence-corrected chi connectivity index (χ0v) is 16.1. The molecule has 2 heterocycles. The fourth-order valence-corrected chi connectivity index (χ4v) is 3.63. The van der Waals surface area contributed by atoms with Gasteiger partial charge in [0.15, 0.2) is 0 Å². The largest absolute Gasteiger partial charge is 0.497 e. The van der Waals surface area contributed by atoms with E-state index < -0.39 is 0 Å². The van der Waals surface area contributed by atoms with Crippen LogP contribution in [0.25, 0.3) is 11.3 Å². The van der Waals surface area contributed by atoms with E-state index in [0.29, 0.717) is 12.2 Å². The Kier molecular flexibility index (Phi) is 5.02. The molecule has 0 aliphatic carbocycles. The van der Waals surface area contributed by atoms with Gasteiger partial charge in [-0.2, -0.15) is 5.10 Å². The molecule has 1 amide bonds. The number of hydrogen-bond acceptors (Lipinski definition) is 4. The number of nitrogens with zero attached hydrogens (tertiary/aromatic N) is 3. The van der Waals surface area contributed by atoms with Gasteiger partial charge in [0, 0.05) is 36.9 Å². The molecule has 1 saturated heterocycles. The van der Waals surface area contributed by atoms with E-state index in [1.54, 1.807) is 7.11 Å². The lowest BCUT2D eigenvalue weighted by atomic mass is 10.1. The predicted molar refractivity (Wildman–Crippen MR) is 110 cm³/mol. The molecule has 1 aliphatic rings. The number of carbonyl (C=O) groups excluding carboxylic acids is 1. The number of aromatic nitrogens is 2. The average Bonchev–Trinajstić information content (AvgIpc) is 3.24. The highest BCUT2D eigenvalue weighted by molar-refractivity contribution is 5.93. The molecule has 3 aromatic rings. The van der Waals surface area contributed by atoms with E-state index in [0.717, 1.165) is 30.1 Å². The molecule has 0 spiro atoms. The molecule has 0 unspecified atom stereocenters. The Bertz CT molecular complexity index is 937. The van der Waals surface area contributed by atoms with Gasteiger partial charge in [0.25, 0.3) is 5.91 Å². The molecule has 2 aromatic carbocycles. The molecule has 6 heteroatoms. The number of anilines is 1. The third-order valence-corrected chi connectivity index (χ3v) is 5.20. The van der Waals surface area contributed by atoms with Crippen molar-refractivity contribution in [3.8, 4) is 17.0 Å². The van der Waals surface area contributed by atoms with Gasteiger partial charge in [-0.15, -0.1) is 0 Å². The maximum absolute atomic E-state index is 13.0. The normalized spacial score (nSPS) is 16.9. The van der Waals surface area contributed by atoms with Crippen molar-refractivity contribution in [3.05, 3.63) is 66.4 Å². The second kappa shape index (κ2) is 7.76. The molecule has 1 N–H and O–H groups in total. The van der Waals surface area contributed by atoms with Crippen LogP contribution in [-0.2, 0) is 0 Å². The van der Waals surface area contributed by atoms with E-state index in [9.17, 15) is 4.79 Å². The van der Waals surface area contributed by atoms with Gasteiger partial charge < -0.3 is 14.5 Å². The maximum atomic E-state index is 13.0. The van der Waals surface area contributed by atoms with Crippen LogP contribution in [0.2, 0.25) is 0 Å². The molecule has 4 rings (SSSR count). The Balaban J connectivity index is 1.45. The maximum Gasteiger partial charge on any atom is 0.272 e. The summed E-state index contributed by atoms with van der Waals surface area (Å²) in [5.74, 6) is 0.785. The minimum Gasteiger partial charge on any atom is -0.497 e. The number of nitrogens with one attached hydrogen (secondary N) is 1. The summed E-state index contributed by atoms with van der Waals surface area (Å²) in [7, 11) is 1.64. The van der Waals surface area contributed by atoms with E-state index in [4.69, 9.17) is 4.74 Å². The molecule has 1 atom stereocenters. The number of methoxy groups -OCH3 is 1. The molecule has 0 radical (unpaired) electrons. The molecule has 144 valence electrons. The standard InChI is InChI=1S/C22H24N4O2/c1-16-15-25(18-6-4-3-5-7-18)12-13-26(16)22(27)21-14-20(23-24-21)17-8-10-19(28-2)11-9-17/h3-11,14,16H,12-13,15H2,1-2H3,(H,23,24)/t16-/m0/s1. The fourth-order valence-electron chi connectivity index (χ4n) is 3.63. The van der Waals surface area contributed by atoms with Crippen LogP contribution < -0.4 is 9.64 Å². The Morgan fingerprint density at radius 2 is 1.86 bits per heavy atom. The first-order chi connectivity index (χ1) is 13.7. The van der Waals surface area contributed by atoms with Crippen molar-refractivity contribution >= 4 is 11.6 Å². The third-order valence-electron chi connectivity index (χ3n) is 5.20. The highest BCUT2D eigenvalue weighted by Crippen LogP contribution is 2.23. The number of rotatable bonds is 4. The molecular weight excluding hydrogens is 352 g/mol. The average molecular weight is 376 g/mol. The summed E-state index contributed by atoms with van der Waals surface area (Å²) in [4.78, 5) is 17.3. The number of benzene rings is 2. The number of H-pyrrole nitrogens is 1. The van der Waals surface area contributed by atoms with Crippen LogP contribution in [0.1, 0.15) is 17.4 Å². The predicted octanol–water partition coefficient (Wildman–Crippen LogP) is 3.44. The lowest BCUT2D eigenvalue weighted by molar-refractivity contribution is 0.0668. The topological polar surface area (TPSA) is 61.5 Å². The van der Waals surface area contributed by atoms with Gasteiger partial charge in [-0.3, -0.25) is 9.89 Å². The first kappa shape index (κ1) is 18.1. The second-order valence-corrected chi connectivity index (χ2v) is 7.02. The number of carbonyl (C=O) groups is 1. The van der Waals surface area contributed by atoms with Crippen LogP contribution in [0.4, 0.5) is 5.69 Å². The summed E-state index contributed by atoms with van der Waals surface area (Å²) in [6.07, 6.45) is 0. The number of para-hydroxylation sites is 1. The Hall–Kier alpha value is -3.28. The Labute approximate surface area is 164 Å². The summed E-state index contributed by atoms with van der Waals surface area (Å²) in [5, 5.41) is 7.23. The molecule has 1 fully saturated rings. The van der Waals surface area contributed by atoms with Crippen molar-refractivity contribution in [1.29, 1.82) is 0 Å². The number of hydrogen-bond donors (Lipinski definition) is 1. The summed E-state index contributed by atoms with van der Waals surface area (Å²) < 4.78 is 5.19. The van der Waals surface area contributed by atoms with Gasteiger partial charge in [0.1, 0.15) is 11.4 Å². The second-order valence-electron chi connectivity index (χ2n) is 7.02. The van der Waals surface area contributed by atoms with E-state index in [1.807, 2.05) is 53.4 Å². The third kappa shape index (κ3) is 3.58. The molecule has 1 aliphatic heterocycles. The molecule has 6 nitrogen and oxygen atoms in total. The van der Waals surface area contributed by atoms with Crippen molar-refractivity contribution in [1.82, 2.24) is 15.1 Å². The first-order valence-corrected chi connectivity index (χ1v) is 9.46. The molecule has 0 bridgehead atoms. The van der Waals surface area contributed by atoms with Crippen LogP contribution in [0.3, 0.4) is 0 Å². The highest BCUT2D eigenvalue weighted by atomic mass is 16.5. The zero-order valence-electron chi connectivity index (χ0n) is 16.1. The van der Waals surface area contributed by atoms with Gasteiger partial charge in [-0.25, -0.2) is 0 Å². The number of aromatic amines is 1. The highest BCUT2D eigenvalue weighted by Gasteiger charge is 2.29. The van der Waals surface area contributed by atoms with E-state index in [1.165, 1.54) is 5.69 Å². The summed E-state index contributed by atoms with van der Waals surface area (Å²) >= 11 is 0. The van der Waals surface area contributed by atoms with Crippen LogP contribution >= 0.6 is 0 Å². The number of amides is 1. The SMILES string of the molecule is COc1ccc(-c2cc(C(=O)N3CCN(c4ccccc4)C[C@@H]3C)[nH]n2)cc1. The van der Waals surface area contributed by atoms with Gasteiger partial charge in [0.05, 0.1) is 12.8 Å². The first-order valence-electron chi connectivity index (χ1n) is 9.46. The lowest BCUT2D eigenvalue weighted by Crippen LogP contribution is -2.54. The van der Waals surface area contributed by atoms with Crippen LogP contribution in [0.5, 0.6) is 5.75 Å². The lowest BCUT2D eigenvalue weighted by Gasteiger charge is -2.40. The summed E-state index contributed by atoms with van der Waals surface area (Å²) in [6.45, 7) is 4.41. The van der Waals surface area contributed by atoms with Crippen molar-refractivity contribution in [2.75, 3.05) is 31.6 Å². The summed E-state index contributed by atoms with van der Waals surface area (Å²) in [6, 6.07) is 19.9. The smallest absolute Gasteiger partial charge is 0.272 e.